The van der Waals surface area contributed by atoms with Crippen molar-refractivity contribution in [3.63, 3.8) is 0 Å². The number of carbonyl (C=O) groups is 1. The van der Waals surface area contributed by atoms with Gasteiger partial charge in [-0.1, -0.05) is 44.2 Å². The summed E-state index contributed by atoms with van der Waals surface area (Å²) in [5.74, 6) is 0.367. The van der Waals surface area contributed by atoms with Gasteiger partial charge in [0.2, 0.25) is 0 Å². The second-order valence-electron chi connectivity index (χ2n) is 6.51. The first-order chi connectivity index (χ1) is 9.89. The largest absolute Gasteiger partial charge is 0.299 e. The van der Waals surface area contributed by atoms with Gasteiger partial charge < -0.3 is 0 Å². The molecule has 0 saturated carbocycles. The zero-order valence-corrected chi connectivity index (χ0v) is 13.8. The van der Waals surface area contributed by atoms with Crippen molar-refractivity contribution in [1.29, 1.82) is 0 Å². The van der Waals surface area contributed by atoms with Crippen LogP contribution in [-0.2, 0) is 9.63 Å². The van der Waals surface area contributed by atoms with Crippen LogP contribution in [0.2, 0.25) is 0 Å². The van der Waals surface area contributed by atoms with Crippen molar-refractivity contribution in [3.05, 3.63) is 35.9 Å². The van der Waals surface area contributed by atoms with Gasteiger partial charge in [-0.3, -0.25) is 9.63 Å². The molecule has 1 aromatic rings. The van der Waals surface area contributed by atoms with Crippen LogP contribution in [0.25, 0.3) is 0 Å². The highest BCUT2D eigenvalue weighted by Crippen LogP contribution is 2.37. The maximum Gasteiger partial charge on any atom is 0.139 e. The molecule has 2 rings (SSSR count). The van der Waals surface area contributed by atoms with E-state index in [9.17, 15) is 4.79 Å². The van der Waals surface area contributed by atoms with Gasteiger partial charge in [-0.25, -0.2) is 0 Å². The van der Waals surface area contributed by atoms with Crippen LogP contribution < -0.4 is 0 Å². The van der Waals surface area contributed by atoms with E-state index in [2.05, 4.69) is 44.9 Å². The lowest BCUT2D eigenvalue weighted by Crippen LogP contribution is -2.59. The smallest absolute Gasteiger partial charge is 0.139 e. The summed E-state index contributed by atoms with van der Waals surface area (Å²) < 4.78 is 0. The number of Topliss-reactive ketones (excluding diaryl/α,β-unsaturated/α-hetero) is 1. The van der Waals surface area contributed by atoms with Crippen molar-refractivity contribution in [2.75, 3.05) is 0 Å². The molecule has 3 nitrogen and oxygen atoms in total. The Morgan fingerprint density at radius 1 is 1.33 bits per heavy atom. The van der Waals surface area contributed by atoms with E-state index in [1.807, 2.05) is 25.1 Å². The van der Waals surface area contributed by atoms with Crippen LogP contribution in [0.3, 0.4) is 0 Å². The minimum atomic E-state index is -0.216. The van der Waals surface area contributed by atoms with Gasteiger partial charge in [0.25, 0.3) is 0 Å². The van der Waals surface area contributed by atoms with E-state index in [-0.39, 0.29) is 23.6 Å². The van der Waals surface area contributed by atoms with Crippen LogP contribution in [0.5, 0.6) is 0 Å². The van der Waals surface area contributed by atoms with Gasteiger partial charge >= 0.3 is 0 Å². The highest BCUT2D eigenvalue weighted by Gasteiger charge is 2.46. The monoisotopic (exact) mass is 289 g/mol. The molecule has 1 aromatic carbocycles. The summed E-state index contributed by atoms with van der Waals surface area (Å²) in [7, 11) is 0. The van der Waals surface area contributed by atoms with Crippen molar-refractivity contribution in [1.82, 2.24) is 5.06 Å². The Labute approximate surface area is 128 Å². The van der Waals surface area contributed by atoms with Crippen LogP contribution in [0.1, 0.15) is 59.1 Å². The van der Waals surface area contributed by atoms with Gasteiger partial charge in [-0.05, 0) is 32.8 Å². The number of carbonyl (C=O) groups excluding carboxylic acids is 1. The van der Waals surface area contributed by atoms with Gasteiger partial charge in [0.1, 0.15) is 11.9 Å². The number of hydrogen-bond acceptors (Lipinski definition) is 3. The van der Waals surface area contributed by atoms with E-state index >= 15 is 0 Å². The molecule has 0 amide bonds. The average Bonchev–Trinajstić information content (AvgIpc) is 2.50. The van der Waals surface area contributed by atoms with E-state index in [1.54, 1.807) is 0 Å². The molecule has 1 fully saturated rings. The summed E-state index contributed by atoms with van der Waals surface area (Å²) in [5.41, 5.74) is 0.944. The molecule has 1 heterocycles. The third kappa shape index (κ3) is 3.19. The molecule has 1 saturated heterocycles. The van der Waals surface area contributed by atoms with Gasteiger partial charge in [-0.2, -0.15) is 5.06 Å². The molecule has 116 valence electrons. The Bertz CT molecular complexity index is 487. The quantitative estimate of drug-likeness (QED) is 0.834. The molecular weight excluding hydrogens is 262 g/mol. The molecule has 1 aliphatic heterocycles. The summed E-state index contributed by atoms with van der Waals surface area (Å²) in [6.45, 7) is 10.4. The number of piperidine rings is 1. The summed E-state index contributed by atoms with van der Waals surface area (Å²) >= 11 is 0. The van der Waals surface area contributed by atoms with E-state index in [0.717, 1.165) is 12.0 Å². The third-order valence-electron chi connectivity index (χ3n) is 4.99. The van der Waals surface area contributed by atoms with Crippen molar-refractivity contribution in [3.8, 4) is 0 Å². The Hall–Kier alpha value is -1.19. The molecule has 3 heteroatoms. The van der Waals surface area contributed by atoms with E-state index < -0.39 is 0 Å². The van der Waals surface area contributed by atoms with Gasteiger partial charge in [0, 0.05) is 18.4 Å². The normalized spacial score (nSPS) is 32.1. The number of hydroxylamine groups is 2. The van der Waals surface area contributed by atoms with Crippen molar-refractivity contribution in [2.45, 2.75) is 65.1 Å². The summed E-state index contributed by atoms with van der Waals surface area (Å²) in [4.78, 5) is 18.5. The van der Waals surface area contributed by atoms with Crippen LogP contribution in [0.4, 0.5) is 0 Å². The molecule has 0 spiro atoms. The SMILES string of the molecule is CCC1(C)CC(=O)C(C)C(C)N1OC(C)c1ccccc1. The van der Waals surface area contributed by atoms with E-state index in [0.29, 0.717) is 12.2 Å². The Morgan fingerprint density at radius 2 is 1.95 bits per heavy atom. The van der Waals surface area contributed by atoms with Crippen LogP contribution in [-0.4, -0.2) is 22.4 Å². The number of nitrogens with zero attached hydrogens (tertiary/aromatic N) is 1. The fraction of sp³-hybridized carbons (Fsp3) is 0.611. The molecular formula is C18H27NO2. The Kier molecular flexibility index (Phi) is 4.84. The first kappa shape index (κ1) is 16.2. The minimum Gasteiger partial charge on any atom is -0.299 e. The highest BCUT2D eigenvalue weighted by molar-refractivity contribution is 5.83. The fourth-order valence-corrected chi connectivity index (χ4v) is 3.04. The van der Waals surface area contributed by atoms with Crippen LogP contribution in [0.15, 0.2) is 30.3 Å². The molecule has 0 N–H and O–H groups in total. The lowest BCUT2D eigenvalue weighted by molar-refractivity contribution is -0.283. The summed E-state index contributed by atoms with van der Waals surface area (Å²) in [6.07, 6.45) is 1.45. The van der Waals surface area contributed by atoms with Crippen LogP contribution >= 0.6 is 0 Å². The zero-order valence-electron chi connectivity index (χ0n) is 13.8. The van der Waals surface area contributed by atoms with Crippen molar-refractivity contribution in [2.24, 2.45) is 5.92 Å². The Balaban J connectivity index is 2.21. The number of benzene rings is 1. The number of rotatable bonds is 4. The van der Waals surface area contributed by atoms with Crippen molar-refractivity contribution < 1.29 is 9.63 Å². The molecule has 0 bridgehead atoms. The maximum atomic E-state index is 12.2. The number of hydrogen-bond donors (Lipinski definition) is 0. The zero-order chi connectivity index (χ0) is 15.6. The van der Waals surface area contributed by atoms with Gasteiger partial charge in [0.15, 0.2) is 0 Å². The lowest BCUT2D eigenvalue weighted by Gasteiger charge is -2.49. The second-order valence-corrected chi connectivity index (χ2v) is 6.51. The molecule has 0 aromatic heterocycles. The first-order valence-corrected chi connectivity index (χ1v) is 7.93. The van der Waals surface area contributed by atoms with E-state index in [1.165, 1.54) is 0 Å². The Morgan fingerprint density at radius 3 is 2.52 bits per heavy atom. The summed E-state index contributed by atoms with van der Waals surface area (Å²) in [5, 5.41) is 2.08. The van der Waals surface area contributed by atoms with Gasteiger partial charge in [-0.15, -0.1) is 0 Å². The minimum absolute atomic E-state index is 0.0140. The van der Waals surface area contributed by atoms with E-state index in [4.69, 9.17) is 4.84 Å². The topological polar surface area (TPSA) is 29.5 Å². The first-order valence-electron chi connectivity index (χ1n) is 7.93. The van der Waals surface area contributed by atoms with Gasteiger partial charge in [0.05, 0.1) is 5.54 Å². The fourth-order valence-electron chi connectivity index (χ4n) is 3.04. The molecule has 0 aliphatic carbocycles. The predicted molar refractivity (Wildman–Crippen MR) is 84.7 cm³/mol. The number of ketones is 1. The highest BCUT2D eigenvalue weighted by atomic mass is 16.7. The maximum absolute atomic E-state index is 12.2. The molecule has 0 radical (unpaired) electrons. The summed E-state index contributed by atoms with van der Waals surface area (Å²) in [6, 6.07) is 10.3. The molecule has 4 atom stereocenters. The molecule has 21 heavy (non-hydrogen) atoms. The molecule has 4 unspecified atom stereocenters. The van der Waals surface area contributed by atoms with Crippen molar-refractivity contribution >= 4 is 5.78 Å². The molecule has 1 aliphatic rings. The van der Waals surface area contributed by atoms with Crippen LogP contribution in [0, 0.1) is 5.92 Å². The lowest BCUT2D eigenvalue weighted by atomic mass is 9.79. The average molecular weight is 289 g/mol. The standard InChI is InChI=1S/C18H27NO2/c1-6-18(5)12-17(20)13(2)14(3)19(18)21-15(4)16-10-8-7-9-11-16/h7-11,13-15H,6,12H2,1-5H3. The predicted octanol–water partition coefficient (Wildman–Crippen LogP) is 4.15. The second kappa shape index (κ2) is 6.29. The third-order valence-corrected chi connectivity index (χ3v) is 4.99.